The average molecular weight is 382 g/mol. The third-order valence-corrected chi connectivity index (χ3v) is 3.32. The third-order valence-electron chi connectivity index (χ3n) is 3.09. The molecule has 0 aliphatic carbocycles. The zero-order valence-electron chi connectivity index (χ0n) is 12.3. The number of oxime groups is 1. The molecule has 0 spiro atoms. The first-order chi connectivity index (χ1) is 11.6. The first-order valence-electron chi connectivity index (χ1n) is 6.75. The minimum absolute atomic E-state index is 0.0549. The number of hydrogen-bond acceptors (Lipinski definition) is 2. The molecule has 134 valence electrons. The second kappa shape index (κ2) is 7.35. The van der Waals surface area contributed by atoms with E-state index < -0.39 is 35.6 Å². The van der Waals surface area contributed by atoms with Gasteiger partial charge in [0.05, 0.1) is 17.3 Å². The molecule has 0 saturated heterocycles. The van der Waals surface area contributed by atoms with Crippen LogP contribution in [0.25, 0.3) is 0 Å². The van der Waals surface area contributed by atoms with Gasteiger partial charge in [-0.15, -0.1) is 0 Å². The van der Waals surface area contributed by atoms with Crippen molar-refractivity contribution in [1.82, 2.24) is 0 Å². The summed E-state index contributed by atoms with van der Waals surface area (Å²) in [4.78, 5) is 4.77. The molecular weight excluding hydrogens is 372 g/mol. The largest absolute Gasteiger partial charge is 0.416 e. The van der Waals surface area contributed by atoms with Gasteiger partial charge >= 0.3 is 12.4 Å². The molecule has 0 atom stereocenters. The number of nitrogens with zero attached hydrogens (tertiary/aromatic N) is 1. The van der Waals surface area contributed by atoms with Crippen molar-refractivity contribution in [2.24, 2.45) is 5.16 Å². The van der Waals surface area contributed by atoms with E-state index in [0.717, 1.165) is 6.07 Å². The smallest absolute Gasteiger partial charge is 0.391 e. The highest BCUT2D eigenvalue weighted by molar-refractivity contribution is 6.30. The zero-order valence-corrected chi connectivity index (χ0v) is 13.1. The topological polar surface area (TPSA) is 21.6 Å². The van der Waals surface area contributed by atoms with E-state index in [4.69, 9.17) is 16.4 Å². The van der Waals surface area contributed by atoms with E-state index in [1.54, 1.807) is 24.3 Å². The van der Waals surface area contributed by atoms with E-state index in [-0.39, 0.29) is 6.07 Å². The summed E-state index contributed by atoms with van der Waals surface area (Å²) in [7, 11) is 0. The second-order valence-corrected chi connectivity index (χ2v) is 5.37. The normalized spacial score (nSPS) is 12.6. The molecule has 9 heteroatoms. The van der Waals surface area contributed by atoms with Crippen molar-refractivity contribution in [3.63, 3.8) is 0 Å². The maximum absolute atomic E-state index is 13.0. The fraction of sp³-hybridized carbons (Fsp3) is 0.188. The fourth-order valence-electron chi connectivity index (χ4n) is 1.93. The van der Waals surface area contributed by atoms with Crippen molar-refractivity contribution in [3.8, 4) is 0 Å². The van der Waals surface area contributed by atoms with Gasteiger partial charge < -0.3 is 4.84 Å². The SMILES string of the molecule is FC(F)(F)c1ccc(CON=Cc2cccc(Cl)c2)c(C(F)(F)F)c1. The molecule has 0 aliphatic rings. The number of benzene rings is 2. The second-order valence-electron chi connectivity index (χ2n) is 4.93. The van der Waals surface area contributed by atoms with Crippen LogP contribution in [0.3, 0.4) is 0 Å². The quantitative estimate of drug-likeness (QED) is 0.365. The minimum atomic E-state index is -4.95. The summed E-state index contributed by atoms with van der Waals surface area (Å²) < 4.78 is 76.6. The van der Waals surface area contributed by atoms with E-state index in [9.17, 15) is 26.3 Å². The molecule has 2 nitrogen and oxygen atoms in total. The van der Waals surface area contributed by atoms with Crippen LogP contribution in [-0.2, 0) is 23.8 Å². The molecule has 25 heavy (non-hydrogen) atoms. The van der Waals surface area contributed by atoms with Crippen LogP contribution >= 0.6 is 11.6 Å². The highest BCUT2D eigenvalue weighted by atomic mass is 35.5. The molecule has 0 aliphatic heterocycles. The average Bonchev–Trinajstić information content (AvgIpc) is 2.50. The maximum Gasteiger partial charge on any atom is 0.416 e. The molecule has 0 bridgehead atoms. The molecule has 2 aromatic rings. The molecule has 0 heterocycles. The highest BCUT2D eigenvalue weighted by Crippen LogP contribution is 2.37. The summed E-state index contributed by atoms with van der Waals surface area (Å²) >= 11 is 5.76. The van der Waals surface area contributed by atoms with E-state index >= 15 is 0 Å². The lowest BCUT2D eigenvalue weighted by molar-refractivity contribution is -0.143. The lowest BCUT2D eigenvalue weighted by Gasteiger charge is -2.15. The van der Waals surface area contributed by atoms with Crippen LogP contribution in [0.4, 0.5) is 26.3 Å². The van der Waals surface area contributed by atoms with Crippen LogP contribution in [0.2, 0.25) is 5.02 Å². The van der Waals surface area contributed by atoms with Gasteiger partial charge in [-0.25, -0.2) is 0 Å². The molecule has 2 aromatic carbocycles. The van der Waals surface area contributed by atoms with Gasteiger partial charge in [-0.1, -0.05) is 35.0 Å². The zero-order chi connectivity index (χ0) is 18.7. The molecule has 0 fully saturated rings. The van der Waals surface area contributed by atoms with Gasteiger partial charge in [0.15, 0.2) is 0 Å². The van der Waals surface area contributed by atoms with Crippen molar-refractivity contribution in [2.75, 3.05) is 0 Å². The Morgan fingerprint density at radius 2 is 1.68 bits per heavy atom. The van der Waals surface area contributed by atoms with E-state index in [2.05, 4.69) is 5.16 Å². The number of hydrogen-bond donors (Lipinski definition) is 0. The highest BCUT2D eigenvalue weighted by Gasteiger charge is 2.38. The van der Waals surface area contributed by atoms with Crippen molar-refractivity contribution in [3.05, 3.63) is 69.7 Å². The van der Waals surface area contributed by atoms with Crippen LogP contribution in [-0.4, -0.2) is 6.21 Å². The van der Waals surface area contributed by atoms with Gasteiger partial charge in [-0.2, -0.15) is 26.3 Å². The number of halogens is 7. The Hall–Kier alpha value is -2.22. The van der Waals surface area contributed by atoms with Gasteiger partial charge in [-0.05, 0) is 29.8 Å². The van der Waals surface area contributed by atoms with E-state index in [0.29, 0.717) is 16.7 Å². The van der Waals surface area contributed by atoms with Crippen molar-refractivity contribution in [1.29, 1.82) is 0 Å². The lowest BCUT2D eigenvalue weighted by Crippen LogP contribution is -2.13. The number of rotatable bonds is 4. The summed E-state index contributed by atoms with van der Waals surface area (Å²) in [6.07, 6.45) is -8.59. The Kier molecular flexibility index (Phi) is 5.62. The van der Waals surface area contributed by atoms with Crippen molar-refractivity contribution in [2.45, 2.75) is 19.0 Å². The molecule has 2 rings (SSSR count). The first-order valence-corrected chi connectivity index (χ1v) is 7.13. The molecule has 0 radical (unpaired) electrons. The Bertz CT molecular complexity index is 770. The summed E-state index contributed by atoms with van der Waals surface area (Å²) in [6, 6.07) is 7.79. The van der Waals surface area contributed by atoms with Gasteiger partial charge in [0, 0.05) is 10.6 Å². The van der Waals surface area contributed by atoms with Gasteiger partial charge in [0.2, 0.25) is 0 Å². The third kappa shape index (κ3) is 5.38. The van der Waals surface area contributed by atoms with Gasteiger partial charge in [0.1, 0.15) is 6.61 Å². The molecular formula is C16H10ClF6NO. The molecule has 0 saturated carbocycles. The molecule has 0 amide bonds. The lowest BCUT2D eigenvalue weighted by atomic mass is 10.0. The van der Waals surface area contributed by atoms with Crippen LogP contribution in [0.1, 0.15) is 22.3 Å². The predicted octanol–water partition coefficient (Wildman–Crippen LogP) is 5.93. The Balaban J connectivity index is 2.16. The summed E-state index contributed by atoms with van der Waals surface area (Å²) in [5.74, 6) is 0. The molecule has 0 unspecified atom stereocenters. The Labute approximate surface area is 143 Å². The Morgan fingerprint density at radius 1 is 0.960 bits per heavy atom. The van der Waals surface area contributed by atoms with Crippen LogP contribution in [0, 0.1) is 0 Å². The predicted molar refractivity (Wildman–Crippen MR) is 80.3 cm³/mol. The molecule has 0 aromatic heterocycles. The van der Waals surface area contributed by atoms with Crippen LogP contribution < -0.4 is 0 Å². The summed E-state index contributed by atoms with van der Waals surface area (Å²) in [5, 5.41) is 3.94. The maximum atomic E-state index is 13.0. The fourth-order valence-corrected chi connectivity index (χ4v) is 2.13. The van der Waals surface area contributed by atoms with E-state index in [1.165, 1.54) is 6.21 Å². The minimum Gasteiger partial charge on any atom is -0.391 e. The van der Waals surface area contributed by atoms with Crippen LogP contribution in [0.5, 0.6) is 0 Å². The van der Waals surface area contributed by atoms with Crippen molar-refractivity contribution >= 4 is 17.8 Å². The van der Waals surface area contributed by atoms with Crippen LogP contribution in [0.15, 0.2) is 47.6 Å². The monoisotopic (exact) mass is 381 g/mol. The Morgan fingerprint density at radius 3 is 2.28 bits per heavy atom. The standard InChI is InChI=1S/C16H10ClF6NO/c17-13-3-1-2-10(6-13)8-24-25-9-11-4-5-12(15(18,19)20)7-14(11)16(21,22)23/h1-8H,9H2. The first kappa shape index (κ1) is 19.1. The molecule has 0 N–H and O–H groups in total. The van der Waals surface area contributed by atoms with Crippen molar-refractivity contribution < 1.29 is 31.2 Å². The van der Waals surface area contributed by atoms with E-state index in [1.807, 2.05) is 0 Å². The van der Waals surface area contributed by atoms with Gasteiger partial charge in [-0.3, -0.25) is 0 Å². The summed E-state index contributed by atoms with van der Waals surface area (Å²) in [6.45, 7) is -0.635. The number of alkyl halides is 6. The summed E-state index contributed by atoms with van der Waals surface area (Å²) in [5.41, 5.74) is -2.70. The van der Waals surface area contributed by atoms with Gasteiger partial charge in [0.25, 0.3) is 0 Å².